The Morgan fingerprint density at radius 2 is 2.07 bits per heavy atom. The number of carboxylic acids is 1. The third-order valence-corrected chi connectivity index (χ3v) is 4.15. The zero-order valence-electron chi connectivity index (χ0n) is 16.3. The lowest BCUT2D eigenvalue weighted by Crippen LogP contribution is -2.65. The van der Waals surface area contributed by atoms with Crippen LogP contribution in [0.5, 0.6) is 0 Å². The lowest BCUT2D eigenvalue weighted by atomic mass is 9.91. The van der Waals surface area contributed by atoms with Gasteiger partial charge in [-0.05, 0) is 13.1 Å². The molecule has 0 fully saturated rings. The first kappa shape index (κ1) is 24.0. The maximum Gasteiger partial charge on any atom is 0.397 e. The van der Waals surface area contributed by atoms with E-state index in [9.17, 15) is 29.7 Å². The second-order valence-electron chi connectivity index (χ2n) is 6.34. The fourth-order valence-electron chi connectivity index (χ4n) is 2.64. The number of carboxylic acid groups (broad SMARTS) is 1. The highest BCUT2D eigenvalue weighted by atomic mass is 16.6. The van der Waals surface area contributed by atoms with E-state index in [-0.39, 0.29) is 7.41 Å². The standard InChI is InChI=1S/C15H26BN5O8/c1-6(23)19-10-7(20-14(17)18)4-9(13(25)26)28-12(10)11(8(24)5-22)29-15(27)21(3)16-2/h4,7-8,10-12,16,22,24H,5H2,1-3H3,(H,19,23)(H,25,26)(H4,17,18,20)/t7-,8+,10+,11+,12+/m0/s1. The minimum Gasteiger partial charge on any atom is -0.477 e. The van der Waals surface area contributed by atoms with Crippen LogP contribution < -0.4 is 16.4 Å². The van der Waals surface area contributed by atoms with Gasteiger partial charge < -0.3 is 46.0 Å². The van der Waals surface area contributed by atoms with E-state index in [0.717, 1.165) is 6.08 Å². The second-order valence-corrected chi connectivity index (χ2v) is 6.34. The molecule has 0 spiro atoms. The Labute approximate surface area is 167 Å². The third-order valence-electron chi connectivity index (χ3n) is 4.15. The van der Waals surface area contributed by atoms with Crippen LogP contribution in [0.25, 0.3) is 0 Å². The van der Waals surface area contributed by atoms with Crippen LogP contribution in [0.1, 0.15) is 6.92 Å². The van der Waals surface area contributed by atoms with Crippen molar-refractivity contribution in [3.8, 4) is 0 Å². The number of hydrogen-bond acceptors (Lipinski definition) is 8. The molecule has 0 aromatic carbocycles. The third kappa shape index (κ3) is 6.53. The molecule has 0 aromatic heterocycles. The molecule has 0 unspecified atom stereocenters. The second kappa shape index (κ2) is 10.5. The number of aliphatic hydroxyl groups is 2. The summed E-state index contributed by atoms with van der Waals surface area (Å²) >= 11 is 0. The molecule has 0 saturated carbocycles. The number of ether oxygens (including phenoxy) is 2. The van der Waals surface area contributed by atoms with Crippen molar-refractivity contribution in [2.45, 2.75) is 44.1 Å². The van der Waals surface area contributed by atoms with Gasteiger partial charge in [0.2, 0.25) is 19.1 Å². The summed E-state index contributed by atoms with van der Waals surface area (Å²) in [6.45, 7) is 2.03. The van der Waals surface area contributed by atoms with Gasteiger partial charge in [-0.25, -0.2) is 9.59 Å². The summed E-state index contributed by atoms with van der Waals surface area (Å²) in [6, 6.07) is -2.15. The van der Waals surface area contributed by atoms with Crippen molar-refractivity contribution in [3.05, 3.63) is 11.8 Å². The Morgan fingerprint density at radius 1 is 1.45 bits per heavy atom. The van der Waals surface area contributed by atoms with Crippen LogP contribution in [0, 0.1) is 5.41 Å². The first-order valence-electron chi connectivity index (χ1n) is 8.71. The van der Waals surface area contributed by atoms with Gasteiger partial charge in [-0.3, -0.25) is 10.2 Å². The average molecular weight is 415 g/mol. The molecule has 5 atom stereocenters. The van der Waals surface area contributed by atoms with E-state index in [2.05, 4.69) is 10.6 Å². The molecule has 0 radical (unpaired) electrons. The molecular weight excluding hydrogens is 389 g/mol. The maximum absolute atomic E-state index is 12.2. The Hall–Kier alpha value is -3.00. The first-order chi connectivity index (χ1) is 13.5. The number of aliphatic hydroxyl groups excluding tert-OH is 2. The van der Waals surface area contributed by atoms with E-state index in [1.165, 1.54) is 18.8 Å². The molecule has 29 heavy (non-hydrogen) atoms. The molecule has 162 valence electrons. The first-order valence-corrected chi connectivity index (χ1v) is 8.71. The Balaban J connectivity index is 3.40. The SMILES string of the molecule is CBN(C)C(=O)O[C@@H]([C@@H]1OC(C(=O)O)=C[C@H](NC(=N)N)[C@H]1NC(C)=O)[C@H](O)CO. The summed E-state index contributed by atoms with van der Waals surface area (Å²) in [5, 5.41) is 41.4. The Bertz CT molecular complexity index is 675. The van der Waals surface area contributed by atoms with Crippen molar-refractivity contribution in [3.63, 3.8) is 0 Å². The summed E-state index contributed by atoms with van der Waals surface area (Å²) in [5.41, 5.74) is 5.34. The number of carbonyl (C=O) groups excluding carboxylic acids is 2. The number of aliphatic carboxylic acids is 1. The number of amides is 2. The molecule has 0 bridgehead atoms. The van der Waals surface area contributed by atoms with Gasteiger partial charge >= 0.3 is 12.1 Å². The Morgan fingerprint density at radius 3 is 2.52 bits per heavy atom. The highest BCUT2D eigenvalue weighted by Crippen LogP contribution is 2.25. The monoisotopic (exact) mass is 415 g/mol. The number of carbonyl (C=O) groups is 3. The van der Waals surface area contributed by atoms with E-state index in [4.69, 9.17) is 20.6 Å². The molecule has 1 rings (SSSR count). The van der Waals surface area contributed by atoms with Crippen LogP contribution in [-0.2, 0) is 19.1 Å². The number of nitrogens with zero attached hydrogens (tertiary/aromatic N) is 1. The molecule has 13 nitrogen and oxygen atoms in total. The number of rotatable bonds is 8. The summed E-state index contributed by atoms with van der Waals surface area (Å²) in [7, 11) is 1.71. The maximum atomic E-state index is 12.2. The predicted molar refractivity (Wildman–Crippen MR) is 101 cm³/mol. The summed E-state index contributed by atoms with van der Waals surface area (Å²) in [6.07, 6.45) is -4.42. The van der Waals surface area contributed by atoms with Gasteiger partial charge in [0.05, 0.1) is 18.7 Å². The number of guanidine groups is 1. The van der Waals surface area contributed by atoms with E-state index < -0.39 is 66.7 Å². The molecule has 1 heterocycles. The van der Waals surface area contributed by atoms with Crippen molar-refractivity contribution in [2.75, 3.05) is 13.7 Å². The largest absolute Gasteiger partial charge is 0.477 e. The lowest BCUT2D eigenvalue weighted by molar-refractivity contribution is -0.146. The molecule has 14 heteroatoms. The average Bonchev–Trinajstić information content (AvgIpc) is 2.64. The van der Waals surface area contributed by atoms with Crippen molar-refractivity contribution in [2.24, 2.45) is 5.73 Å². The normalized spacial score (nSPS) is 22.8. The van der Waals surface area contributed by atoms with Crippen molar-refractivity contribution < 1.29 is 39.2 Å². The van der Waals surface area contributed by atoms with Crippen LogP contribution in [-0.4, -0.2) is 95.5 Å². The van der Waals surface area contributed by atoms with Gasteiger partial charge in [0.15, 0.2) is 18.2 Å². The minimum absolute atomic E-state index is 0.274. The molecule has 1 aliphatic rings. The fraction of sp³-hybridized carbons (Fsp3) is 0.600. The van der Waals surface area contributed by atoms with E-state index in [1.54, 1.807) is 6.82 Å². The number of hydrogen-bond donors (Lipinski definition) is 7. The lowest BCUT2D eigenvalue weighted by Gasteiger charge is -2.41. The molecule has 0 aromatic rings. The summed E-state index contributed by atoms with van der Waals surface area (Å²) in [4.78, 5) is 36.6. The van der Waals surface area contributed by atoms with Gasteiger partial charge in [-0.15, -0.1) is 0 Å². The highest BCUT2D eigenvalue weighted by molar-refractivity contribution is 6.34. The fourth-order valence-corrected chi connectivity index (χ4v) is 2.64. The zero-order chi connectivity index (χ0) is 22.3. The van der Waals surface area contributed by atoms with Gasteiger partial charge in [0.25, 0.3) is 0 Å². The van der Waals surface area contributed by atoms with Crippen LogP contribution in [0.15, 0.2) is 11.8 Å². The molecule has 1 aliphatic heterocycles. The van der Waals surface area contributed by atoms with Crippen molar-refractivity contribution in [1.29, 1.82) is 5.41 Å². The van der Waals surface area contributed by atoms with Gasteiger partial charge in [-0.2, -0.15) is 0 Å². The summed E-state index contributed by atoms with van der Waals surface area (Å²) in [5.74, 6) is -3.11. The molecule has 8 N–H and O–H groups in total. The van der Waals surface area contributed by atoms with Gasteiger partial charge in [0.1, 0.15) is 6.10 Å². The molecule has 2 amide bonds. The highest BCUT2D eigenvalue weighted by Gasteiger charge is 2.46. The van der Waals surface area contributed by atoms with E-state index >= 15 is 0 Å². The van der Waals surface area contributed by atoms with Crippen LogP contribution in [0.2, 0.25) is 6.82 Å². The van der Waals surface area contributed by atoms with Crippen LogP contribution >= 0.6 is 0 Å². The Kier molecular flexibility index (Phi) is 8.72. The minimum atomic E-state index is -1.66. The quantitative estimate of drug-likeness (QED) is 0.121. The number of nitrogens with two attached hydrogens (primary N) is 1. The topological polar surface area (TPSA) is 208 Å². The van der Waals surface area contributed by atoms with E-state index in [0.29, 0.717) is 0 Å². The van der Waals surface area contributed by atoms with Gasteiger partial charge in [-0.1, -0.05) is 6.82 Å². The molecule has 0 aliphatic carbocycles. The van der Waals surface area contributed by atoms with Crippen LogP contribution in [0.4, 0.5) is 4.79 Å². The smallest absolute Gasteiger partial charge is 0.397 e. The number of nitrogens with one attached hydrogen (secondary N) is 3. The van der Waals surface area contributed by atoms with Gasteiger partial charge in [0, 0.05) is 6.92 Å². The molecular formula is C15H26BN5O8. The van der Waals surface area contributed by atoms with Crippen molar-refractivity contribution >= 4 is 31.3 Å². The predicted octanol–water partition coefficient (Wildman–Crippen LogP) is -3.10. The summed E-state index contributed by atoms with van der Waals surface area (Å²) < 4.78 is 10.7. The van der Waals surface area contributed by atoms with Crippen molar-refractivity contribution in [1.82, 2.24) is 15.4 Å². The van der Waals surface area contributed by atoms with Crippen LogP contribution in [0.3, 0.4) is 0 Å². The zero-order valence-corrected chi connectivity index (χ0v) is 16.3. The molecule has 0 saturated heterocycles. The van der Waals surface area contributed by atoms with E-state index in [1.807, 2.05) is 0 Å².